The minimum Gasteiger partial charge on any atom is -0.488 e. The Balaban J connectivity index is 1.85. The van der Waals surface area contributed by atoms with E-state index in [1.165, 1.54) is 12.1 Å². The largest absolute Gasteiger partial charge is 0.488 e. The number of carbonyl (C=O) groups excluding carboxylic acids is 1. The quantitative estimate of drug-likeness (QED) is 0.812. The molecule has 0 radical (unpaired) electrons. The SMILES string of the molecule is O=Cc1cc2c(cc1OCc1cc(F)ccc1F)OCO2. The van der Waals surface area contributed by atoms with Gasteiger partial charge in [0.1, 0.15) is 24.0 Å². The Morgan fingerprint density at radius 1 is 1.14 bits per heavy atom. The molecule has 0 unspecified atom stereocenters. The summed E-state index contributed by atoms with van der Waals surface area (Å²) in [5, 5.41) is 0. The fourth-order valence-electron chi connectivity index (χ4n) is 1.97. The Bertz CT molecular complexity index is 700. The predicted octanol–water partition coefficient (Wildman–Crippen LogP) is 3.09. The van der Waals surface area contributed by atoms with Gasteiger partial charge in [-0.1, -0.05) is 0 Å². The highest BCUT2D eigenvalue weighted by atomic mass is 19.1. The number of carbonyl (C=O) groups is 1. The van der Waals surface area contributed by atoms with Crippen molar-refractivity contribution in [2.75, 3.05) is 6.79 Å². The lowest BCUT2D eigenvalue weighted by Crippen LogP contribution is -2.01. The van der Waals surface area contributed by atoms with Gasteiger partial charge in [0, 0.05) is 11.6 Å². The number of hydrogen-bond acceptors (Lipinski definition) is 4. The summed E-state index contributed by atoms with van der Waals surface area (Å²) in [7, 11) is 0. The number of rotatable bonds is 4. The molecule has 0 fully saturated rings. The molecule has 0 N–H and O–H groups in total. The van der Waals surface area contributed by atoms with Crippen LogP contribution in [0.15, 0.2) is 30.3 Å². The van der Waals surface area contributed by atoms with Crippen molar-refractivity contribution in [3.63, 3.8) is 0 Å². The van der Waals surface area contributed by atoms with Crippen LogP contribution < -0.4 is 14.2 Å². The van der Waals surface area contributed by atoms with Gasteiger partial charge in [-0.05, 0) is 24.3 Å². The first-order chi connectivity index (χ1) is 10.2. The molecule has 2 aromatic carbocycles. The topological polar surface area (TPSA) is 44.8 Å². The van der Waals surface area contributed by atoms with Crippen LogP contribution in [0.1, 0.15) is 15.9 Å². The highest BCUT2D eigenvalue weighted by molar-refractivity contribution is 5.81. The molecule has 4 nitrogen and oxygen atoms in total. The third-order valence-electron chi connectivity index (χ3n) is 3.02. The monoisotopic (exact) mass is 292 g/mol. The zero-order valence-electron chi connectivity index (χ0n) is 10.8. The average Bonchev–Trinajstić information content (AvgIpc) is 2.94. The van der Waals surface area contributed by atoms with E-state index in [9.17, 15) is 13.6 Å². The van der Waals surface area contributed by atoms with Crippen LogP contribution in [-0.2, 0) is 6.61 Å². The van der Waals surface area contributed by atoms with Gasteiger partial charge in [-0.3, -0.25) is 4.79 Å². The molecule has 0 aromatic heterocycles. The zero-order valence-corrected chi connectivity index (χ0v) is 10.8. The zero-order chi connectivity index (χ0) is 14.8. The Labute approximate surface area is 118 Å². The minimum absolute atomic E-state index is 0.0597. The first kappa shape index (κ1) is 13.4. The summed E-state index contributed by atoms with van der Waals surface area (Å²) in [5.74, 6) is -0.0318. The van der Waals surface area contributed by atoms with Crippen LogP contribution in [0.5, 0.6) is 17.2 Å². The molecule has 1 aliphatic rings. The summed E-state index contributed by atoms with van der Waals surface area (Å²) in [6.45, 7) is -0.139. The van der Waals surface area contributed by atoms with Crippen LogP contribution in [-0.4, -0.2) is 13.1 Å². The summed E-state index contributed by atoms with van der Waals surface area (Å²) in [6.07, 6.45) is 0.596. The van der Waals surface area contributed by atoms with Gasteiger partial charge in [-0.25, -0.2) is 8.78 Å². The Morgan fingerprint density at radius 3 is 2.67 bits per heavy atom. The van der Waals surface area contributed by atoms with Crippen molar-refractivity contribution in [1.29, 1.82) is 0 Å². The van der Waals surface area contributed by atoms with Crippen molar-refractivity contribution in [3.8, 4) is 17.2 Å². The van der Waals surface area contributed by atoms with Crippen LogP contribution >= 0.6 is 0 Å². The number of benzene rings is 2. The summed E-state index contributed by atoms with van der Waals surface area (Å²) in [4.78, 5) is 11.0. The van der Waals surface area contributed by atoms with E-state index in [0.29, 0.717) is 17.8 Å². The predicted molar refractivity (Wildman–Crippen MR) is 68.6 cm³/mol. The van der Waals surface area contributed by atoms with Gasteiger partial charge in [-0.2, -0.15) is 0 Å². The van der Waals surface area contributed by atoms with Gasteiger partial charge < -0.3 is 14.2 Å². The molecule has 0 amide bonds. The van der Waals surface area contributed by atoms with Crippen molar-refractivity contribution in [3.05, 3.63) is 53.1 Å². The standard InChI is InChI=1S/C15H10F2O4/c16-11-1-2-12(17)10(3-11)7-19-13-5-15-14(20-8-21-15)4-9(13)6-18/h1-6H,7-8H2. The van der Waals surface area contributed by atoms with Gasteiger partial charge in [0.15, 0.2) is 17.8 Å². The molecule has 21 heavy (non-hydrogen) atoms. The van der Waals surface area contributed by atoms with E-state index in [1.54, 1.807) is 0 Å². The summed E-state index contributed by atoms with van der Waals surface area (Å²) >= 11 is 0. The van der Waals surface area contributed by atoms with Crippen LogP contribution in [0.25, 0.3) is 0 Å². The molecule has 6 heteroatoms. The lowest BCUT2D eigenvalue weighted by atomic mass is 10.2. The number of hydrogen-bond donors (Lipinski definition) is 0. The molecule has 0 saturated heterocycles. The third-order valence-corrected chi connectivity index (χ3v) is 3.02. The molecule has 3 rings (SSSR count). The van der Waals surface area contributed by atoms with Crippen molar-refractivity contribution in [2.45, 2.75) is 6.61 Å². The average molecular weight is 292 g/mol. The van der Waals surface area contributed by atoms with Crippen LogP contribution in [0.3, 0.4) is 0 Å². The smallest absolute Gasteiger partial charge is 0.231 e. The highest BCUT2D eigenvalue weighted by Gasteiger charge is 2.18. The molecule has 2 aromatic rings. The van der Waals surface area contributed by atoms with Crippen molar-refractivity contribution in [1.82, 2.24) is 0 Å². The molecular weight excluding hydrogens is 282 g/mol. The van der Waals surface area contributed by atoms with E-state index in [0.717, 1.165) is 18.2 Å². The second-order valence-electron chi connectivity index (χ2n) is 4.39. The van der Waals surface area contributed by atoms with Crippen LogP contribution in [0, 0.1) is 11.6 Å². The van der Waals surface area contributed by atoms with E-state index in [2.05, 4.69) is 0 Å². The second kappa shape index (κ2) is 5.40. The van der Waals surface area contributed by atoms with Crippen molar-refractivity contribution >= 4 is 6.29 Å². The summed E-state index contributed by atoms with van der Waals surface area (Å²) in [6, 6.07) is 6.06. The molecule has 0 bridgehead atoms. The maximum absolute atomic E-state index is 13.5. The van der Waals surface area contributed by atoms with E-state index >= 15 is 0 Å². The van der Waals surface area contributed by atoms with Crippen LogP contribution in [0.2, 0.25) is 0 Å². The molecule has 0 spiro atoms. The Morgan fingerprint density at radius 2 is 1.90 bits per heavy atom. The number of halogens is 2. The van der Waals surface area contributed by atoms with E-state index in [4.69, 9.17) is 14.2 Å². The molecular formula is C15H10F2O4. The Hall–Kier alpha value is -2.63. The van der Waals surface area contributed by atoms with Gasteiger partial charge in [0.25, 0.3) is 0 Å². The van der Waals surface area contributed by atoms with E-state index in [1.807, 2.05) is 0 Å². The second-order valence-corrected chi connectivity index (χ2v) is 4.39. The number of ether oxygens (including phenoxy) is 3. The van der Waals surface area contributed by atoms with Crippen molar-refractivity contribution in [2.24, 2.45) is 0 Å². The molecule has 0 saturated carbocycles. The molecule has 1 aliphatic heterocycles. The fourth-order valence-corrected chi connectivity index (χ4v) is 1.97. The van der Waals surface area contributed by atoms with Gasteiger partial charge in [0.05, 0.1) is 5.56 Å². The first-order valence-corrected chi connectivity index (χ1v) is 6.13. The maximum Gasteiger partial charge on any atom is 0.231 e. The Kier molecular flexibility index (Phi) is 3.43. The summed E-state index contributed by atoms with van der Waals surface area (Å²) < 4.78 is 42.3. The van der Waals surface area contributed by atoms with Gasteiger partial charge in [0.2, 0.25) is 6.79 Å². The molecule has 0 aliphatic carbocycles. The van der Waals surface area contributed by atoms with Gasteiger partial charge in [-0.15, -0.1) is 0 Å². The van der Waals surface area contributed by atoms with Crippen molar-refractivity contribution < 1.29 is 27.8 Å². The summed E-state index contributed by atoms with van der Waals surface area (Å²) in [5.41, 5.74) is 0.306. The molecule has 0 atom stereocenters. The minimum atomic E-state index is -0.579. The normalized spacial score (nSPS) is 12.3. The lowest BCUT2D eigenvalue weighted by Gasteiger charge is -2.10. The lowest BCUT2D eigenvalue weighted by molar-refractivity contribution is 0.111. The maximum atomic E-state index is 13.5. The highest BCUT2D eigenvalue weighted by Crippen LogP contribution is 2.37. The number of aldehydes is 1. The first-order valence-electron chi connectivity index (χ1n) is 6.13. The van der Waals surface area contributed by atoms with E-state index in [-0.39, 0.29) is 30.3 Å². The number of fused-ring (bicyclic) bond motifs is 1. The van der Waals surface area contributed by atoms with Crippen LogP contribution in [0.4, 0.5) is 8.78 Å². The van der Waals surface area contributed by atoms with E-state index < -0.39 is 11.6 Å². The fraction of sp³-hybridized carbons (Fsp3) is 0.133. The molecule has 108 valence electrons. The van der Waals surface area contributed by atoms with Gasteiger partial charge >= 0.3 is 0 Å². The third kappa shape index (κ3) is 2.65. The molecule has 1 heterocycles.